The van der Waals surface area contributed by atoms with Gasteiger partial charge in [-0.05, 0) is 45.8 Å². The molecule has 1 aromatic rings. The Morgan fingerprint density at radius 2 is 2.05 bits per heavy atom. The van der Waals surface area contributed by atoms with Crippen molar-refractivity contribution in [3.8, 4) is 5.75 Å². The van der Waals surface area contributed by atoms with Crippen LogP contribution in [0.25, 0.3) is 0 Å². The molecule has 3 heteroatoms. The molecule has 0 spiro atoms. The predicted octanol–water partition coefficient (Wildman–Crippen LogP) is 3.21. The summed E-state index contributed by atoms with van der Waals surface area (Å²) in [5.41, 5.74) is 1.23. The number of piperidine rings is 1. The van der Waals surface area contributed by atoms with Crippen molar-refractivity contribution >= 4 is 0 Å². The van der Waals surface area contributed by atoms with Crippen LogP contribution in [0.1, 0.15) is 32.3 Å². The van der Waals surface area contributed by atoms with Crippen LogP contribution < -0.4 is 10.1 Å². The Morgan fingerprint density at radius 1 is 1.33 bits per heavy atom. The largest absolute Gasteiger partial charge is 0.489 e. The highest BCUT2D eigenvalue weighted by Crippen LogP contribution is 2.19. The second-order valence-electron chi connectivity index (χ2n) is 5.99. The summed E-state index contributed by atoms with van der Waals surface area (Å²) in [5.74, 6) is 0.963. The van der Waals surface area contributed by atoms with Gasteiger partial charge in [-0.15, -0.1) is 0 Å². The summed E-state index contributed by atoms with van der Waals surface area (Å²) in [6, 6.07) is 9.53. The fourth-order valence-corrected chi connectivity index (χ4v) is 2.81. The fourth-order valence-electron chi connectivity index (χ4n) is 2.81. The van der Waals surface area contributed by atoms with Crippen LogP contribution in [0.2, 0.25) is 0 Å². The lowest BCUT2D eigenvalue weighted by Gasteiger charge is -2.35. The lowest BCUT2D eigenvalue weighted by molar-refractivity contribution is 0.160. The van der Waals surface area contributed by atoms with E-state index in [0.29, 0.717) is 18.7 Å². The first-order valence-electron chi connectivity index (χ1n) is 7.99. The molecule has 1 fully saturated rings. The van der Waals surface area contributed by atoms with E-state index in [-0.39, 0.29) is 0 Å². The molecule has 0 bridgehead atoms. The van der Waals surface area contributed by atoms with Gasteiger partial charge in [0.25, 0.3) is 0 Å². The Morgan fingerprint density at radius 3 is 2.71 bits per heavy atom. The smallest absolute Gasteiger partial charge is 0.124 e. The molecule has 1 saturated heterocycles. The summed E-state index contributed by atoms with van der Waals surface area (Å²) in [6.45, 7) is 12.1. The number of ether oxygens (including phenoxy) is 1. The van der Waals surface area contributed by atoms with Crippen molar-refractivity contribution in [3.05, 3.63) is 42.5 Å². The topological polar surface area (TPSA) is 24.5 Å². The van der Waals surface area contributed by atoms with Gasteiger partial charge in [0.2, 0.25) is 0 Å². The lowest BCUT2D eigenvalue weighted by atomic mass is 10.0. The van der Waals surface area contributed by atoms with E-state index >= 15 is 0 Å². The van der Waals surface area contributed by atoms with Crippen LogP contribution >= 0.6 is 0 Å². The van der Waals surface area contributed by atoms with Crippen LogP contribution in [0.5, 0.6) is 5.75 Å². The highest BCUT2D eigenvalue weighted by Gasteiger charge is 2.20. The highest BCUT2D eigenvalue weighted by atomic mass is 16.5. The van der Waals surface area contributed by atoms with Gasteiger partial charge < -0.3 is 15.0 Å². The molecule has 1 aliphatic rings. The van der Waals surface area contributed by atoms with Crippen molar-refractivity contribution in [1.82, 2.24) is 10.2 Å². The third-order valence-electron chi connectivity index (χ3n) is 4.17. The van der Waals surface area contributed by atoms with Gasteiger partial charge in [0.05, 0.1) is 0 Å². The van der Waals surface area contributed by atoms with Gasteiger partial charge in [-0.25, -0.2) is 0 Å². The van der Waals surface area contributed by atoms with Gasteiger partial charge in [-0.1, -0.05) is 30.9 Å². The molecule has 0 atom stereocenters. The Bertz CT molecular complexity index is 437. The van der Waals surface area contributed by atoms with Crippen molar-refractivity contribution in [2.75, 3.05) is 19.7 Å². The first-order valence-corrected chi connectivity index (χ1v) is 7.99. The molecule has 2 rings (SSSR count). The Labute approximate surface area is 129 Å². The molecule has 116 valence electrons. The Hall–Kier alpha value is -1.32. The third-order valence-corrected chi connectivity index (χ3v) is 4.17. The van der Waals surface area contributed by atoms with Gasteiger partial charge in [0, 0.05) is 24.2 Å². The quantitative estimate of drug-likeness (QED) is 0.780. The lowest BCUT2D eigenvalue weighted by Crippen LogP contribution is -2.44. The standard InChI is InChI=1S/C18H28N2O/c1-4-13-21-18-8-6-5-7-16(18)14-19-17-9-11-20(12-10-17)15(2)3/h4-8,15,17,19H,1,9-14H2,2-3H3. The van der Waals surface area contributed by atoms with E-state index in [1.807, 2.05) is 12.1 Å². The van der Waals surface area contributed by atoms with Crippen LogP contribution in [0, 0.1) is 0 Å². The van der Waals surface area contributed by atoms with Gasteiger partial charge in [0.1, 0.15) is 12.4 Å². The summed E-state index contributed by atoms with van der Waals surface area (Å²) >= 11 is 0. The minimum atomic E-state index is 0.559. The number of hydrogen-bond donors (Lipinski definition) is 1. The number of para-hydroxylation sites is 1. The zero-order chi connectivity index (χ0) is 15.1. The summed E-state index contributed by atoms with van der Waals surface area (Å²) in [4.78, 5) is 2.55. The van der Waals surface area contributed by atoms with E-state index < -0.39 is 0 Å². The van der Waals surface area contributed by atoms with Gasteiger partial charge in [-0.2, -0.15) is 0 Å². The number of nitrogens with zero attached hydrogens (tertiary/aromatic N) is 1. The molecular formula is C18H28N2O. The highest BCUT2D eigenvalue weighted by molar-refractivity contribution is 5.33. The summed E-state index contributed by atoms with van der Waals surface area (Å²) in [7, 11) is 0. The van der Waals surface area contributed by atoms with Crippen molar-refractivity contribution in [1.29, 1.82) is 0 Å². The van der Waals surface area contributed by atoms with E-state index in [1.165, 1.54) is 31.5 Å². The zero-order valence-corrected chi connectivity index (χ0v) is 13.3. The molecule has 1 aliphatic heterocycles. The molecule has 0 aliphatic carbocycles. The molecule has 21 heavy (non-hydrogen) atoms. The van der Waals surface area contributed by atoms with Gasteiger partial charge in [-0.3, -0.25) is 0 Å². The molecule has 0 aromatic heterocycles. The zero-order valence-electron chi connectivity index (χ0n) is 13.3. The number of nitrogens with one attached hydrogen (secondary N) is 1. The molecule has 1 aromatic carbocycles. The SMILES string of the molecule is C=CCOc1ccccc1CNC1CCN(C(C)C)CC1. The average Bonchev–Trinajstić information content (AvgIpc) is 2.52. The summed E-state index contributed by atoms with van der Waals surface area (Å²) in [5, 5.41) is 3.68. The minimum absolute atomic E-state index is 0.559. The average molecular weight is 288 g/mol. The monoisotopic (exact) mass is 288 g/mol. The van der Waals surface area contributed by atoms with E-state index in [4.69, 9.17) is 4.74 Å². The third kappa shape index (κ3) is 4.87. The number of rotatable bonds is 7. The van der Waals surface area contributed by atoms with E-state index in [1.54, 1.807) is 6.08 Å². The van der Waals surface area contributed by atoms with Crippen LogP contribution in [0.3, 0.4) is 0 Å². The van der Waals surface area contributed by atoms with E-state index in [2.05, 4.69) is 42.8 Å². The van der Waals surface area contributed by atoms with Crippen LogP contribution in [-0.2, 0) is 6.54 Å². The molecule has 0 unspecified atom stereocenters. The van der Waals surface area contributed by atoms with E-state index in [9.17, 15) is 0 Å². The molecule has 1 N–H and O–H groups in total. The number of likely N-dealkylation sites (tertiary alicyclic amines) is 1. The molecule has 3 nitrogen and oxygen atoms in total. The second kappa shape index (κ2) is 8.20. The van der Waals surface area contributed by atoms with Crippen LogP contribution in [0.15, 0.2) is 36.9 Å². The predicted molar refractivity (Wildman–Crippen MR) is 88.7 cm³/mol. The van der Waals surface area contributed by atoms with Crippen LogP contribution in [-0.4, -0.2) is 36.7 Å². The van der Waals surface area contributed by atoms with Crippen molar-refractivity contribution < 1.29 is 4.74 Å². The molecular weight excluding hydrogens is 260 g/mol. The second-order valence-corrected chi connectivity index (χ2v) is 5.99. The normalized spacial score (nSPS) is 17.1. The maximum absolute atomic E-state index is 5.71. The van der Waals surface area contributed by atoms with Crippen molar-refractivity contribution in [2.45, 2.75) is 45.3 Å². The molecule has 1 heterocycles. The number of hydrogen-bond acceptors (Lipinski definition) is 3. The number of benzene rings is 1. The molecule has 0 saturated carbocycles. The Balaban J connectivity index is 1.82. The van der Waals surface area contributed by atoms with E-state index in [0.717, 1.165) is 12.3 Å². The first kappa shape index (κ1) is 16.1. The maximum Gasteiger partial charge on any atom is 0.124 e. The first-order chi connectivity index (χ1) is 10.2. The molecule has 0 radical (unpaired) electrons. The van der Waals surface area contributed by atoms with Gasteiger partial charge >= 0.3 is 0 Å². The van der Waals surface area contributed by atoms with Crippen molar-refractivity contribution in [3.63, 3.8) is 0 Å². The van der Waals surface area contributed by atoms with Crippen molar-refractivity contribution in [2.24, 2.45) is 0 Å². The maximum atomic E-state index is 5.71. The van der Waals surface area contributed by atoms with Gasteiger partial charge in [0.15, 0.2) is 0 Å². The molecule has 0 amide bonds. The minimum Gasteiger partial charge on any atom is -0.489 e. The summed E-state index contributed by atoms with van der Waals surface area (Å²) < 4.78 is 5.71. The summed E-state index contributed by atoms with van der Waals surface area (Å²) in [6.07, 6.45) is 4.24. The van der Waals surface area contributed by atoms with Crippen LogP contribution in [0.4, 0.5) is 0 Å². The Kier molecular flexibility index (Phi) is 6.27. The fraction of sp³-hybridized carbons (Fsp3) is 0.556.